The van der Waals surface area contributed by atoms with E-state index in [-0.39, 0.29) is 6.61 Å². The second-order valence-corrected chi connectivity index (χ2v) is 5.57. The van der Waals surface area contributed by atoms with Gasteiger partial charge in [0.25, 0.3) is 10.1 Å². The molecule has 0 saturated carbocycles. The maximum absolute atomic E-state index is 10.8. The van der Waals surface area contributed by atoms with Crippen LogP contribution in [0.5, 0.6) is 0 Å². The summed E-state index contributed by atoms with van der Waals surface area (Å²) in [7, 11) is -3.59. The fourth-order valence-electron chi connectivity index (χ4n) is 1.21. The second-order valence-electron chi connectivity index (χ2n) is 3.93. The van der Waals surface area contributed by atoms with Gasteiger partial charge in [0.1, 0.15) is 5.60 Å². The van der Waals surface area contributed by atoms with Gasteiger partial charge in [0.05, 0.1) is 24.5 Å². The minimum Gasteiger partial charge on any atom is -0.383 e. The van der Waals surface area contributed by atoms with Crippen LogP contribution >= 0.6 is 0 Å². The Morgan fingerprint density at radius 1 is 1.41 bits per heavy atom. The predicted octanol–water partition coefficient (Wildman–Crippen LogP) is 0.742. The lowest BCUT2D eigenvalue weighted by molar-refractivity contribution is 0.0101. The average Bonchev–Trinajstić information content (AvgIpc) is 2.26. The summed E-state index contributed by atoms with van der Waals surface area (Å²) < 4.78 is 26.2. The average molecular weight is 255 g/mol. The fraction of sp³-hybridized carbons (Fsp3) is 0.364. The van der Waals surface area contributed by atoms with Crippen LogP contribution in [0.3, 0.4) is 0 Å². The van der Waals surface area contributed by atoms with Crippen LogP contribution in [0, 0.1) is 11.3 Å². The molecule has 6 heteroatoms. The zero-order chi connectivity index (χ0) is 13.1. The first-order valence-electron chi connectivity index (χ1n) is 4.82. The number of nitrogens with zero attached hydrogens (tertiary/aromatic N) is 1. The highest BCUT2D eigenvalue weighted by Gasteiger charge is 2.25. The molecule has 1 rings (SSSR count). The molecule has 0 heterocycles. The van der Waals surface area contributed by atoms with Gasteiger partial charge < -0.3 is 5.11 Å². The Morgan fingerprint density at radius 2 is 1.94 bits per heavy atom. The standard InChI is InChI=1S/C11H13NO4S/c1-11(13,8-16-17(2,14)15)10-5-3-9(7-12)4-6-10/h3-6,13H,8H2,1-2H3/t11-/m1/s1. The third-order valence-corrected chi connectivity index (χ3v) is 2.74. The van der Waals surface area contributed by atoms with E-state index in [4.69, 9.17) is 5.26 Å². The lowest BCUT2D eigenvalue weighted by Crippen LogP contribution is -2.29. The van der Waals surface area contributed by atoms with Gasteiger partial charge in [0.15, 0.2) is 0 Å². The highest BCUT2D eigenvalue weighted by atomic mass is 32.2. The Hall–Kier alpha value is -1.42. The van der Waals surface area contributed by atoms with Crippen LogP contribution in [-0.2, 0) is 19.9 Å². The molecule has 1 aromatic rings. The number of rotatable bonds is 4. The van der Waals surface area contributed by atoms with Crippen molar-refractivity contribution in [2.24, 2.45) is 0 Å². The molecule has 0 bridgehead atoms. The molecule has 0 spiro atoms. The van der Waals surface area contributed by atoms with Gasteiger partial charge in [0.2, 0.25) is 0 Å². The Kier molecular flexibility index (Phi) is 3.88. The molecule has 0 amide bonds. The molecule has 92 valence electrons. The van der Waals surface area contributed by atoms with Crippen molar-refractivity contribution >= 4 is 10.1 Å². The summed E-state index contributed by atoms with van der Waals surface area (Å²) >= 11 is 0. The van der Waals surface area contributed by atoms with Crippen LogP contribution in [0.2, 0.25) is 0 Å². The minimum atomic E-state index is -3.59. The molecule has 17 heavy (non-hydrogen) atoms. The molecule has 1 N–H and O–H groups in total. The van der Waals surface area contributed by atoms with E-state index in [1.54, 1.807) is 24.3 Å². The van der Waals surface area contributed by atoms with Crippen molar-refractivity contribution in [3.8, 4) is 6.07 Å². The molecule has 0 radical (unpaired) electrons. The Labute approximate surface area is 100 Å². The molecule has 0 aliphatic heterocycles. The zero-order valence-electron chi connectivity index (χ0n) is 9.54. The van der Waals surface area contributed by atoms with E-state index in [1.807, 2.05) is 6.07 Å². The normalized spacial score (nSPS) is 14.9. The topological polar surface area (TPSA) is 87.4 Å². The van der Waals surface area contributed by atoms with Crippen LogP contribution in [0.25, 0.3) is 0 Å². The lowest BCUT2D eigenvalue weighted by atomic mass is 9.96. The van der Waals surface area contributed by atoms with Crippen LogP contribution in [0.15, 0.2) is 24.3 Å². The summed E-state index contributed by atoms with van der Waals surface area (Å²) in [6, 6.07) is 8.16. The molecule has 0 saturated heterocycles. The molecule has 0 aliphatic carbocycles. The van der Waals surface area contributed by atoms with Gasteiger partial charge in [-0.25, -0.2) is 0 Å². The summed E-state index contributed by atoms with van der Waals surface area (Å²) in [6.45, 7) is 1.08. The molecule has 1 atom stereocenters. The van der Waals surface area contributed by atoms with Crippen LogP contribution < -0.4 is 0 Å². The number of hydrogen-bond acceptors (Lipinski definition) is 5. The first-order chi connectivity index (χ1) is 7.74. The molecular formula is C11H13NO4S. The summed E-state index contributed by atoms with van der Waals surface area (Å²) in [5.41, 5.74) is -0.467. The molecule has 0 aromatic heterocycles. The van der Waals surface area contributed by atoms with Crippen molar-refractivity contribution in [1.29, 1.82) is 5.26 Å². The number of nitriles is 1. The van der Waals surface area contributed by atoms with Gasteiger partial charge in [-0.05, 0) is 24.6 Å². The largest absolute Gasteiger partial charge is 0.383 e. The van der Waals surface area contributed by atoms with Gasteiger partial charge in [-0.3, -0.25) is 4.18 Å². The van der Waals surface area contributed by atoms with Crippen LogP contribution in [0.1, 0.15) is 18.1 Å². The SMILES string of the molecule is C[C@@](O)(COS(C)(=O)=O)c1ccc(C#N)cc1. The van der Waals surface area contributed by atoms with Gasteiger partial charge in [-0.1, -0.05) is 12.1 Å². The first-order valence-corrected chi connectivity index (χ1v) is 6.64. The minimum absolute atomic E-state index is 0.363. The fourth-order valence-corrected chi connectivity index (χ4v) is 1.65. The summed E-state index contributed by atoms with van der Waals surface area (Å²) in [6.07, 6.45) is 0.919. The van der Waals surface area contributed by atoms with Crippen molar-refractivity contribution in [2.75, 3.05) is 12.9 Å². The van der Waals surface area contributed by atoms with Crippen LogP contribution in [-0.4, -0.2) is 26.4 Å². The van der Waals surface area contributed by atoms with E-state index in [9.17, 15) is 13.5 Å². The van der Waals surface area contributed by atoms with E-state index < -0.39 is 15.7 Å². The second kappa shape index (κ2) is 4.84. The summed E-state index contributed by atoms with van der Waals surface area (Å²) in [5, 5.41) is 18.7. The quantitative estimate of drug-likeness (QED) is 0.802. The van der Waals surface area contributed by atoms with E-state index >= 15 is 0 Å². The van der Waals surface area contributed by atoms with Crippen molar-refractivity contribution in [3.63, 3.8) is 0 Å². The van der Waals surface area contributed by atoms with Crippen molar-refractivity contribution in [3.05, 3.63) is 35.4 Å². The predicted molar refractivity (Wildman–Crippen MR) is 61.5 cm³/mol. The highest BCUT2D eigenvalue weighted by molar-refractivity contribution is 7.85. The summed E-state index contributed by atoms with van der Waals surface area (Å²) in [4.78, 5) is 0. The van der Waals surface area contributed by atoms with Crippen molar-refractivity contribution in [2.45, 2.75) is 12.5 Å². The van der Waals surface area contributed by atoms with E-state index in [0.29, 0.717) is 11.1 Å². The molecule has 0 aliphatic rings. The first kappa shape index (κ1) is 13.6. The number of benzene rings is 1. The molecular weight excluding hydrogens is 242 g/mol. The lowest BCUT2D eigenvalue weighted by Gasteiger charge is -2.22. The van der Waals surface area contributed by atoms with Crippen molar-refractivity contribution in [1.82, 2.24) is 0 Å². The van der Waals surface area contributed by atoms with E-state index in [0.717, 1.165) is 6.26 Å². The van der Waals surface area contributed by atoms with Crippen LogP contribution in [0.4, 0.5) is 0 Å². The molecule has 5 nitrogen and oxygen atoms in total. The van der Waals surface area contributed by atoms with Crippen molar-refractivity contribution < 1.29 is 17.7 Å². The monoisotopic (exact) mass is 255 g/mol. The molecule has 0 fully saturated rings. The number of hydrogen-bond donors (Lipinski definition) is 1. The van der Waals surface area contributed by atoms with Gasteiger partial charge in [-0.15, -0.1) is 0 Å². The van der Waals surface area contributed by atoms with Gasteiger partial charge in [-0.2, -0.15) is 13.7 Å². The van der Waals surface area contributed by atoms with Gasteiger partial charge in [0, 0.05) is 0 Å². The molecule has 0 unspecified atom stereocenters. The van der Waals surface area contributed by atoms with E-state index in [2.05, 4.69) is 4.18 Å². The number of aliphatic hydroxyl groups is 1. The smallest absolute Gasteiger partial charge is 0.264 e. The highest BCUT2D eigenvalue weighted by Crippen LogP contribution is 2.21. The third kappa shape index (κ3) is 4.15. The van der Waals surface area contributed by atoms with Gasteiger partial charge >= 0.3 is 0 Å². The maximum atomic E-state index is 10.8. The Morgan fingerprint density at radius 3 is 2.35 bits per heavy atom. The zero-order valence-corrected chi connectivity index (χ0v) is 10.4. The maximum Gasteiger partial charge on any atom is 0.264 e. The summed E-state index contributed by atoms with van der Waals surface area (Å²) in [5.74, 6) is 0. The Balaban J connectivity index is 2.86. The van der Waals surface area contributed by atoms with E-state index in [1.165, 1.54) is 6.92 Å². The third-order valence-electron chi connectivity index (χ3n) is 2.19. The Bertz CT molecular complexity index is 526. The molecule has 1 aromatic carbocycles.